The molecule has 0 aliphatic carbocycles. The molecule has 0 aromatic heterocycles. The Morgan fingerprint density at radius 3 is 2.80 bits per heavy atom. The van der Waals surface area contributed by atoms with E-state index in [-0.39, 0.29) is 12.3 Å². The number of phenolic OH excluding ortho intramolecular Hbond substituents is 1. The average Bonchev–Trinajstić information content (AvgIpc) is 2.21. The summed E-state index contributed by atoms with van der Waals surface area (Å²) in [4.78, 5) is 11.4. The second-order valence-electron chi connectivity index (χ2n) is 3.02. The van der Waals surface area contributed by atoms with Crippen LogP contribution >= 0.6 is 11.6 Å². The molecule has 0 saturated carbocycles. The molecule has 0 spiro atoms. The molecular formula is C10H12ClNO3. The Labute approximate surface area is 92.6 Å². The number of carbonyl (C=O) groups is 1. The van der Waals surface area contributed by atoms with E-state index in [1.807, 2.05) is 0 Å². The second-order valence-corrected chi connectivity index (χ2v) is 3.42. The molecule has 82 valence electrons. The molecular weight excluding hydrogens is 218 g/mol. The Morgan fingerprint density at radius 2 is 2.33 bits per heavy atom. The monoisotopic (exact) mass is 229 g/mol. The van der Waals surface area contributed by atoms with Crippen molar-refractivity contribution in [3.63, 3.8) is 0 Å². The molecule has 3 N–H and O–H groups in total. The SMILES string of the molecule is COC(=O)C(CN)c1ccc(O)cc1Cl. The maximum atomic E-state index is 11.4. The van der Waals surface area contributed by atoms with Crippen molar-refractivity contribution in [1.82, 2.24) is 0 Å². The third-order valence-electron chi connectivity index (χ3n) is 2.08. The van der Waals surface area contributed by atoms with Gasteiger partial charge < -0.3 is 15.6 Å². The maximum absolute atomic E-state index is 11.4. The molecule has 1 atom stereocenters. The van der Waals surface area contributed by atoms with Crippen molar-refractivity contribution < 1.29 is 14.6 Å². The van der Waals surface area contributed by atoms with Crippen molar-refractivity contribution in [2.45, 2.75) is 5.92 Å². The summed E-state index contributed by atoms with van der Waals surface area (Å²) in [5.41, 5.74) is 6.03. The third-order valence-corrected chi connectivity index (χ3v) is 2.41. The summed E-state index contributed by atoms with van der Waals surface area (Å²) < 4.78 is 4.60. The number of nitrogens with two attached hydrogens (primary N) is 1. The minimum Gasteiger partial charge on any atom is -0.508 e. The topological polar surface area (TPSA) is 72.5 Å². The Balaban J connectivity index is 3.07. The summed E-state index contributed by atoms with van der Waals surface area (Å²) in [6.45, 7) is 0.108. The molecule has 15 heavy (non-hydrogen) atoms. The maximum Gasteiger partial charge on any atom is 0.314 e. The highest BCUT2D eigenvalue weighted by Crippen LogP contribution is 2.28. The normalized spacial score (nSPS) is 12.2. The van der Waals surface area contributed by atoms with Crippen LogP contribution in [0, 0.1) is 0 Å². The van der Waals surface area contributed by atoms with E-state index in [0.717, 1.165) is 0 Å². The fraction of sp³-hybridized carbons (Fsp3) is 0.300. The van der Waals surface area contributed by atoms with E-state index >= 15 is 0 Å². The molecule has 0 fully saturated rings. The molecule has 4 nitrogen and oxygen atoms in total. The number of rotatable bonds is 3. The van der Waals surface area contributed by atoms with Crippen molar-refractivity contribution in [3.8, 4) is 5.75 Å². The van der Waals surface area contributed by atoms with Crippen molar-refractivity contribution in [2.24, 2.45) is 5.73 Å². The fourth-order valence-corrected chi connectivity index (χ4v) is 1.60. The minimum absolute atomic E-state index is 0.0457. The smallest absolute Gasteiger partial charge is 0.314 e. The van der Waals surface area contributed by atoms with Crippen LogP contribution in [0.25, 0.3) is 0 Å². The van der Waals surface area contributed by atoms with Gasteiger partial charge in [0.1, 0.15) is 5.75 Å². The number of phenols is 1. The van der Waals surface area contributed by atoms with Crippen molar-refractivity contribution in [3.05, 3.63) is 28.8 Å². The molecule has 5 heteroatoms. The van der Waals surface area contributed by atoms with E-state index in [4.69, 9.17) is 22.4 Å². The van der Waals surface area contributed by atoms with Crippen LogP contribution in [0.3, 0.4) is 0 Å². The zero-order chi connectivity index (χ0) is 11.4. The van der Waals surface area contributed by atoms with E-state index in [0.29, 0.717) is 10.6 Å². The van der Waals surface area contributed by atoms with Crippen LogP contribution in [0.2, 0.25) is 5.02 Å². The molecule has 0 aliphatic rings. The first-order chi connectivity index (χ1) is 7.10. The van der Waals surface area contributed by atoms with Crippen LogP contribution < -0.4 is 5.73 Å². The molecule has 0 heterocycles. The first kappa shape index (κ1) is 11.8. The fourth-order valence-electron chi connectivity index (χ4n) is 1.29. The number of benzene rings is 1. The molecule has 0 aliphatic heterocycles. The van der Waals surface area contributed by atoms with E-state index in [9.17, 15) is 4.79 Å². The number of esters is 1. The standard InChI is InChI=1S/C10H12ClNO3/c1-15-10(14)8(5-12)7-3-2-6(13)4-9(7)11/h2-4,8,13H,5,12H2,1H3. The molecule has 1 unspecified atom stereocenters. The van der Waals surface area contributed by atoms with Crippen LogP contribution in [0.4, 0.5) is 0 Å². The van der Waals surface area contributed by atoms with Crippen LogP contribution in [0.1, 0.15) is 11.5 Å². The Kier molecular flexibility index (Phi) is 3.94. The summed E-state index contributed by atoms with van der Waals surface area (Å²) in [5, 5.41) is 9.46. The average molecular weight is 230 g/mol. The van der Waals surface area contributed by atoms with Crippen LogP contribution in [0.5, 0.6) is 5.75 Å². The zero-order valence-electron chi connectivity index (χ0n) is 8.24. The molecule has 0 bridgehead atoms. The van der Waals surface area contributed by atoms with Gasteiger partial charge in [-0.3, -0.25) is 4.79 Å². The lowest BCUT2D eigenvalue weighted by Crippen LogP contribution is -2.23. The van der Waals surface area contributed by atoms with E-state index in [1.165, 1.54) is 19.2 Å². The lowest BCUT2D eigenvalue weighted by Gasteiger charge is -2.14. The number of hydrogen-bond acceptors (Lipinski definition) is 4. The van der Waals surface area contributed by atoms with Gasteiger partial charge in [0.15, 0.2) is 0 Å². The molecule has 1 aromatic carbocycles. The molecule has 1 aromatic rings. The highest BCUT2D eigenvalue weighted by Gasteiger charge is 2.22. The van der Waals surface area contributed by atoms with Gasteiger partial charge in [-0.05, 0) is 17.7 Å². The predicted molar refractivity (Wildman–Crippen MR) is 56.9 cm³/mol. The summed E-state index contributed by atoms with van der Waals surface area (Å²) in [5.74, 6) is -0.988. The molecule has 0 saturated heterocycles. The lowest BCUT2D eigenvalue weighted by atomic mass is 9.99. The highest BCUT2D eigenvalue weighted by molar-refractivity contribution is 6.31. The van der Waals surface area contributed by atoms with Crippen molar-refractivity contribution in [1.29, 1.82) is 0 Å². The quantitative estimate of drug-likeness (QED) is 0.766. The molecule has 0 amide bonds. The Bertz CT molecular complexity index is 368. The van der Waals surface area contributed by atoms with Gasteiger partial charge in [-0.15, -0.1) is 0 Å². The van der Waals surface area contributed by atoms with Gasteiger partial charge in [-0.25, -0.2) is 0 Å². The lowest BCUT2D eigenvalue weighted by molar-refractivity contribution is -0.142. The van der Waals surface area contributed by atoms with Gasteiger partial charge in [-0.2, -0.15) is 0 Å². The number of methoxy groups -OCH3 is 1. The number of aromatic hydroxyl groups is 1. The third kappa shape index (κ3) is 2.61. The van der Waals surface area contributed by atoms with Crippen LogP contribution in [-0.4, -0.2) is 24.7 Å². The van der Waals surface area contributed by atoms with Gasteiger partial charge in [0.25, 0.3) is 0 Å². The number of ether oxygens (including phenoxy) is 1. The zero-order valence-corrected chi connectivity index (χ0v) is 8.99. The first-order valence-corrected chi connectivity index (χ1v) is 4.74. The van der Waals surface area contributed by atoms with Crippen molar-refractivity contribution >= 4 is 17.6 Å². The number of carbonyl (C=O) groups excluding carboxylic acids is 1. The largest absolute Gasteiger partial charge is 0.508 e. The Hall–Kier alpha value is -1.26. The summed E-state index contributed by atoms with van der Waals surface area (Å²) >= 11 is 5.88. The predicted octanol–water partition coefficient (Wildman–Crippen LogP) is 1.26. The minimum atomic E-state index is -0.594. The number of hydrogen-bond donors (Lipinski definition) is 2. The van der Waals surface area contributed by atoms with Crippen molar-refractivity contribution in [2.75, 3.05) is 13.7 Å². The van der Waals surface area contributed by atoms with E-state index < -0.39 is 11.9 Å². The van der Waals surface area contributed by atoms with Gasteiger partial charge in [0, 0.05) is 11.6 Å². The first-order valence-electron chi connectivity index (χ1n) is 4.36. The van der Waals surface area contributed by atoms with Gasteiger partial charge in [-0.1, -0.05) is 17.7 Å². The van der Waals surface area contributed by atoms with Gasteiger partial charge >= 0.3 is 5.97 Å². The summed E-state index contributed by atoms with van der Waals surface area (Å²) in [6, 6.07) is 4.38. The summed E-state index contributed by atoms with van der Waals surface area (Å²) in [6.07, 6.45) is 0. The van der Waals surface area contributed by atoms with Gasteiger partial charge in [0.2, 0.25) is 0 Å². The second kappa shape index (κ2) is 5.00. The van der Waals surface area contributed by atoms with Gasteiger partial charge in [0.05, 0.1) is 13.0 Å². The highest BCUT2D eigenvalue weighted by atomic mass is 35.5. The number of halogens is 1. The van der Waals surface area contributed by atoms with E-state index in [1.54, 1.807) is 6.07 Å². The Morgan fingerprint density at radius 1 is 1.67 bits per heavy atom. The van der Waals surface area contributed by atoms with E-state index in [2.05, 4.69) is 4.74 Å². The summed E-state index contributed by atoms with van der Waals surface area (Å²) in [7, 11) is 1.29. The molecule has 0 radical (unpaired) electrons. The molecule has 1 rings (SSSR count). The van der Waals surface area contributed by atoms with Crippen LogP contribution in [0.15, 0.2) is 18.2 Å². The van der Waals surface area contributed by atoms with Crippen LogP contribution in [-0.2, 0) is 9.53 Å².